The molecule has 0 aromatic carbocycles. The third-order valence-electron chi connectivity index (χ3n) is 0.977. The summed E-state index contributed by atoms with van der Waals surface area (Å²) in [7, 11) is 0. The number of hydrogen-bond donors (Lipinski definition) is 3. The largest absolute Gasteiger partial charge is 0.478 e. The van der Waals surface area contributed by atoms with E-state index < -0.39 is 17.9 Å². The highest BCUT2D eigenvalue weighted by Gasteiger charge is 1.86. The molecule has 0 amide bonds. The normalized spacial score (nSPS) is 6.77. The molecule has 0 unspecified atom stereocenters. The van der Waals surface area contributed by atoms with E-state index in [0.717, 1.165) is 24.3 Å². The molecule has 0 aliphatic heterocycles. The number of carboxylic acid groups (broad SMARTS) is 3. The molecular formula is C14H20O8. The lowest BCUT2D eigenvalue weighted by atomic mass is 10.6. The fourth-order valence-electron chi connectivity index (χ4n) is 0.201. The first-order chi connectivity index (χ1) is 10.1. The molecule has 0 atom stereocenters. The number of aliphatic carboxylic acids is 3. The van der Waals surface area contributed by atoms with Crippen molar-refractivity contribution in [3.63, 3.8) is 0 Å². The molecule has 0 saturated carbocycles. The number of hydrogen-bond acceptors (Lipinski definition) is 5. The van der Waals surface area contributed by atoms with Crippen molar-refractivity contribution in [1.82, 2.24) is 0 Å². The van der Waals surface area contributed by atoms with Gasteiger partial charge in [0.25, 0.3) is 0 Å². The van der Waals surface area contributed by atoms with Gasteiger partial charge >= 0.3 is 23.9 Å². The minimum Gasteiger partial charge on any atom is -0.478 e. The van der Waals surface area contributed by atoms with E-state index in [1.165, 1.54) is 0 Å². The van der Waals surface area contributed by atoms with Crippen LogP contribution in [-0.2, 0) is 23.9 Å². The Morgan fingerprint density at radius 3 is 1.05 bits per heavy atom. The first-order valence-corrected chi connectivity index (χ1v) is 5.47. The maximum absolute atomic E-state index is 10.1. The van der Waals surface area contributed by atoms with E-state index in [2.05, 4.69) is 31.1 Å². The summed E-state index contributed by atoms with van der Waals surface area (Å²) in [6.45, 7) is 14.3. The minimum absolute atomic E-state index is 0.359. The van der Waals surface area contributed by atoms with Gasteiger partial charge < -0.3 is 20.1 Å². The van der Waals surface area contributed by atoms with Gasteiger partial charge in [-0.3, -0.25) is 0 Å². The smallest absolute Gasteiger partial charge is 0.330 e. The molecule has 0 fully saturated rings. The Balaban J connectivity index is -0.0000000995. The van der Waals surface area contributed by atoms with Crippen LogP contribution in [0.2, 0.25) is 0 Å². The average Bonchev–Trinajstić information content (AvgIpc) is 2.49. The van der Waals surface area contributed by atoms with Crippen LogP contribution in [-0.4, -0.2) is 45.8 Å². The summed E-state index contributed by atoms with van der Waals surface area (Å²) in [4.78, 5) is 37.8. The maximum Gasteiger partial charge on any atom is 0.330 e. The van der Waals surface area contributed by atoms with Crippen LogP contribution in [0.15, 0.2) is 50.6 Å². The molecule has 0 aromatic rings. The minimum atomic E-state index is -0.981. The van der Waals surface area contributed by atoms with Gasteiger partial charge in [-0.2, -0.15) is 0 Å². The van der Waals surface area contributed by atoms with E-state index in [0.29, 0.717) is 6.61 Å². The number of carbonyl (C=O) groups excluding carboxylic acids is 1. The molecule has 0 rings (SSSR count). The molecule has 0 aliphatic carbocycles. The molecule has 0 spiro atoms. The molecule has 0 radical (unpaired) electrons. The number of esters is 1. The highest BCUT2D eigenvalue weighted by Crippen LogP contribution is 1.74. The lowest BCUT2D eigenvalue weighted by Gasteiger charge is -1.90. The van der Waals surface area contributed by atoms with Gasteiger partial charge in [-0.25, -0.2) is 19.2 Å². The standard InChI is InChI=1S/C5H8O2.3C3H4O2/c1-3-5(6)7-4-2;3*1-2-3(4)5/h3H,1,4H2,2H3;3*2H,1H2,(H,4,5). The molecule has 0 bridgehead atoms. The van der Waals surface area contributed by atoms with E-state index in [1.807, 2.05) is 0 Å². The summed E-state index contributed by atoms with van der Waals surface area (Å²) in [5, 5.41) is 22.8. The predicted octanol–water partition coefficient (Wildman–Crippen LogP) is 1.51. The van der Waals surface area contributed by atoms with E-state index in [1.54, 1.807) is 6.92 Å². The summed E-state index contributed by atoms with van der Waals surface area (Å²) < 4.78 is 4.43. The molecule has 3 N–H and O–H groups in total. The van der Waals surface area contributed by atoms with E-state index >= 15 is 0 Å². The SMILES string of the molecule is C=CC(=O)O.C=CC(=O)O.C=CC(=O)O.C=CC(=O)OCC. The highest BCUT2D eigenvalue weighted by atomic mass is 16.5. The fourth-order valence-corrected chi connectivity index (χ4v) is 0.201. The van der Waals surface area contributed by atoms with Crippen LogP contribution in [0.3, 0.4) is 0 Å². The van der Waals surface area contributed by atoms with Crippen molar-refractivity contribution < 1.29 is 39.2 Å². The van der Waals surface area contributed by atoms with Gasteiger partial charge in [-0.15, -0.1) is 0 Å². The Hall–Kier alpha value is -3.16. The van der Waals surface area contributed by atoms with Gasteiger partial charge in [0, 0.05) is 24.3 Å². The van der Waals surface area contributed by atoms with Gasteiger partial charge in [0.2, 0.25) is 0 Å². The van der Waals surface area contributed by atoms with Crippen LogP contribution in [0.25, 0.3) is 0 Å². The van der Waals surface area contributed by atoms with Crippen molar-refractivity contribution in [3.05, 3.63) is 50.6 Å². The molecule has 0 aliphatic rings. The zero-order chi connectivity index (χ0) is 18.6. The van der Waals surface area contributed by atoms with Crippen molar-refractivity contribution in [2.45, 2.75) is 6.92 Å². The molecule has 0 saturated heterocycles. The molecule has 0 heterocycles. The molecule has 124 valence electrons. The Morgan fingerprint density at radius 1 is 0.773 bits per heavy atom. The number of rotatable bonds is 5. The second-order valence-electron chi connectivity index (χ2n) is 2.58. The predicted molar refractivity (Wildman–Crippen MR) is 80.3 cm³/mol. The molecule has 8 heteroatoms. The second-order valence-corrected chi connectivity index (χ2v) is 2.58. The quantitative estimate of drug-likeness (QED) is 0.512. The van der Waals surface area contributed by atoms with Gasteiger partial charge in [0.05, 0.1) is 6.61 Å². The maximum atomic E-state index is 10.1. The number of carbonyl (C=O) groups is 4. The van der Waals surface area contributed by atoms with E-state index in [4.69, 9.17) is 15.3 Å². The highest BCUT2D eigenvalue weighted by molar-refractivity contribution is 5.81. The lowest BCUT2D eigenvalue weighted by Crippen LogP contribution is -1.97. The fraction of sp³-hybridized carbons (Fsp3) is 0.143. The monoisotopic (exact) mass is 316 g/mol. The van der Waals surface area contributed by atoms with Gasteiger partial charge in [-0.05, 0) is 6.92 Å². The molecular weight excluding hydrogens is 296 g/mol. The molecule has 0 aromatic heterocycles. The Kier molecular flexibility index (Phi) is 28.4. The Labute approximate surface area is 128 Å². The Bertz CT molecular complexity index is 353. The van der Waals surface area contributed by atoms with Crippen LogP contribution >= 0.6 is 0 Å². The summed E-state index contributed by atoms with van der Waals surface area (Å²) >= 11 is 0. The van der Waals surface area contributed by atoms with Gasteiger partial charge in [0.1, 0.15) is 0 Å². The van der Waals surface area contributed by atoms with E-state index in [-0.39, 0.29) is 5.97 Å². The molecule has 8 nitrogen and oxygen atoms in total. The van der Waals surface area contributed by atoms with Crippen LogP contribution in [0.5, 0.6) is 0 Å². The van der Waals surface area contributed by atoms with Crippen LogP contribution < -0.4 is 0 Å². The van der Waals surface area contributed by atoms with Gasteiger partial charge in [0.15, 0.2) is 0 Å². The molecule has 22 heavy (non-hydrogen) atoms. The van der Waals surface area contributed by atoms with Crippen molar-refractivity contribution in [2.75, 3.05) is 6.61 Å². The summed E-state index contributed by atoms with van der Waals surface area (Å²) in [6.07, 6.45) is 3.64. The zero-order valence-electron chi connectivity index (χ0n) is 12.2. The first-order valence-electron chi connectivity index (χ1n) is 5.47. The van der Waals surface area contributed by atoms with Crippen LogP contribution in [0.1, 0.15) is 6.92 Å². The van der Waals surface area contributed by atoms with E-state index in [9.17, 15) is 19.2 Å². The third-order valence-corrected chi connectivity index (χ3v) is 0.977. The van der Waals surface area contributed by atoms with Crippen LogP contribution in [0, 0.1) is 0 Å². The zero-order valence-corrected chi connectivity index (χ0v) is 12.2. The third kappa shape index (κ3) is 68.7. The summed E-state index contributed by atoms with van der Waals surface area (Å²) in [6, 6.07) is 0. The Morgan fingerprint density at radius 2 is 1.00 bits per heavy atom. The number of carboxylic acids is 3. The first kappa shape index (κ1) is 27.2. The number of ether oxygens (including phenoxy) is 1. The second kappa shape index (κ2) is 23.0. The topological polar surface area (TPSA) is 138 Å². The lowest BCUT2D eigenvalue weighted by molar-refractivity contribution is -0.137. The van der Waals surface area contributed by atoms with Crippen LogP contribution in [0.4, 0.5) is 0 Å². The van der Waals surface area contributed by atoms with Crippen molar-refractivity contribution in [3.8, 4) is 0 Å². The van der Waals surface area contributed by atoms with Crippen molar-refractivity contribution in [2.24, 2.45) is 0 Å². The average molecular weight is 316 g/mol. The van der Waals surface area contributed by atoms with Crippen molar-refractivity contribution in [1.29, 1.82) is 0 Å². The summed E-state index contributed by atoms with van der Waals surface area (Å²) in [5.41, 5.74) is 0. The summed E-state index contributed by atoms with van der Waals surface area (Å²) in [5.74, 6) is -3.30. The van der Waals surface area contributed by atoms with Crippen molar-refractivity contribution >= 4 is 23.9 Å². The van der Waals surface area contributed by atoms with Gasteiger partial charge in [-0.1, -0.05) is 26.3 Å².